The number of carboxylic acid groups (broad SMARTS) is 1. The maximum absolute atomic E-state index is 11.8. The first-order chi connectivity index (χ1) is 8.03. The van der Waals surface area contributed by atoms with Gasteiger partial charge in [-0.25, -0.2) is 9.59 Å². The van der Waals surface area contributed by atoms with Crippen LogP contribution in [0.25, 0.3) is 0 Å². The number of hydrogen-bond acceptors (Lipinski definition) is 2. The van der Waals surface area contributed by atoms with E-state index >= 15 is 0 Å². The summed E-state index contributed by atoms with van der Waals surface area (Å²) >= 11 is 0. The van der Waals surface area contributed by atoms with Crippen molar-refractivity contribution in [3.05, 3.63) is 0 Å². The highest BCUT2D eigenvalue weighted by Gasteiger charge is 2.46. The molecule has 0 aromatic carbocycles. The zero-order valence-corrected chi connectivity index (χ0v) is 10.2. The number of hydrogen-bond donors (Lipinski definition) is 3. The maximum Gasteiger partial charge on any atom is 0.329 e. The Morgan fingerprint density at radius 1 is 1.24 bits per heavy atom. The molecule has 0 aromatic rings. The molecule has 0 saturated heterocycles. The van der Waals surface area contributed by atoms with Crippen LogP contribution < -0.4 is 10.6 Å². The Bertz CT molecular complexity index is 326. The first kappa shape index (κ1) is 12.2. The Kier molecular flexibility index (Phi) is 3.26. The van der Waals surface area contributed by atoms with E-state index in [2.05, 4.69) is 17.6 Å². The molecule has 5 nitrogen and oxygen atoms in total. The van der Waals surface area contributed by atoms with Crippen LogP contribution in [-0.4, -0.2) is 28.7 Å². The highest BCUT2D eigenvalue weighted by Crippen LogP contribution is 2.32. The highest BCUT2D eigenvalue weighted by molar-refractivity contribution is 5.87. The summed E-state index contributed by atoms with van der Waals surface area (Å²) in [5, 5.41) is 14.6. The quantitative estimate of drug-likeness (QED) is 0.699. The molecule has 2 amide bonds. The lowest BCUT2D eigenvalue weighted by Crippen LogP contribution is -2.62. The van der Waals surface area contributed by atoms with Gasteiger partial charge in [-0.05, 0) is 38.0 Å². The average molecular weight is 240 g/mol. The number of urea groups is 1. The zero-order chi connectivity index (χ0) is 12.5. The van der Waals surface area contributed by atoms with Gasteiger partial charge in [0.25, 0.3) is 0 Å². The predicted octanol–water partition coefficient (Wildman–Crippen LogP) is 1.48. The van der Waals surface area contributed by atoms with Crippen LogP contribution in [0, 0.1) is 5.92 Å². The molecule has 2 saturated carbocycles. The fourth-order valence-electron chi connectivity index (χ4n) is 2.70. The third kappa shape index (κ3) is 2.37. The van der Waals surface area contributed by atoms with Crippen molar-refractivity contribution in [2.75, 3.05) is 0 Å². The van der Waals surface area contributed by atoms with Gasteiger partial charge in [0, 0.05) is 6.04 Å². The fraction of sp³-hybridized carbons (Fsp3) is 0.833. The van der Waals surface area contributed by atoms with E-state index in [4.69, 9.17) is 5.11 Å². The number of carbonyl (C=O) groups excluding carboxylic acids is 1. The highest BCUT2D eigenvalue weighted by atomic mass is 16.4. The minimum atomic E-state index is -1.01. The van der Waals surface area contributed by atoms with Crippen LogP contribution in [0.4, 0.5) is 4.79 Å². The topological polar surface area (TPSA) is 78.4 Å². The lowest BCUT2D eigenvalue weighted by molar-refractivity contribution is -0.148. The first-order valence-electron chi connectivity index (χ1n) is 6.35. The first-order valence-corrected chi connectivity index (χ1v) is 6.35. The van der Waals surface area contributed by atoms with Crippen molar-refractivity contribution < 1.29 is 14.7 Å². The molecule has 2 rings (SSSR count). The van der Waals surface area contributed by atoms with Gasteiger partial charge in [-0.1, -0.05) is 13.3 Å². The van der Waals surface area contributed by atoms with Crippen LogP contribution in [0.5, 0.6) is 0 Å². The molecule has 0 spiro atoms. The van der Waals surface area contributed by atoms with Gasteiger partial charge in [0.05, 0.1) is 0 Å². The molecule has 17 heavy (non-hydrogen) atoms. The Morgan fingerprint density at radius 2 is 1.94 bits per heavy atom. The van der Waals surface area contributed by atoms with Gasteiger partial charge in [-0.2, -0.15) is 0 Å². The van der Waals surface area contributed by atoms with E-state index in [1.54, 1.807) is 0 Å². The molecule has 2 unspecified atom stereocenters. The smallest absolute Gasteiger partial charge is 0.329 e. The van der Waals surface area contributed by atoms with Crippen LogP contribution in [0.1, 0.15) is 45.4 Å². The molecule has 0 bridgehead atoms. The normalized spacial score (nSPS) is 30.4. The largest absolute Gasteiger partial charge is 0.480 e. The van der Waals surface area contributed by atoms with Crippen molar-refractivity contribution in [3.63, 3.8) is 0 Å². The third-order valence-electron chi connectivity index (χ3n) is 4.15. The SMILES string of the molecule is CC1CCCC1NC(=O)NC1(C(=O)O)CCC1. The van der Waals surface area contributed by atoms with Crippen LogP contribution in [0.15, 0.2) is 0 Å². The molecule has 2 fully saturated rings. The van der Waals surface area contributed by atoms with Crippen molar-refractivity contribution in [2.24, 2.45) is 5.92 Å². The van der Waals surface area contributed by atoms with Crippen LogP contribution in [-0.2, 0) is 4.79 Å². The third-order valence-corrected chi connectivity index (χ3v) is 4.15. The average Bonchev–Trinajstić information content (AvgIpc) is 2.58. The van der Waals surface area contributed by atoms with Gasteiger partial charge in [-0.3, -0.25) is 0 Å². The van der Waals surface area contributed by atoms with Crippen molar-refractivity contribution >= 4 is 12.0 Å². The number of amides is 2. The number of nitrogens with one attached hydrogen (secondary N) is 2. The Morgan fingerprint density at radius 3 is 2.35 bits per heavy atom. The summed E-state index contributed by atoms with van der Waals surface area (Å²) in [7, 11) is 0. The zero-order valence-electron chi connectivity index (χ0n) is 10.2. The van der Waals surface area contributed by atoms with E-state index in [1.165, 1.54) is 0 Å². The van der Waals surface area contributed by atoms with E-state index < -0.39 is 11.5 Å². The van der Waals surface area contributed by atoms with E-state index in [9.17, 15) is 9.59 Å². The second-order valence-electron chi connectivity index (χ2n) is 5.35. The maximum atomic E-state index is 11.8. The molecule has 2 atom stereocenters. The summed E-state index contributed by atoms with van der Waals surface area (Å²) in [6.45, 7) is 2.12. The molecule has 0 aliphatic heterocycles. The molecule has 2 aliphatic carbocycles. The molecular formula is C12H20N2O3. The number of rotatable bonds is 3. The summed E-state index contributed by atoms with van der Waals surface area (Å²) in [5.74, 6) is -0.429. The second-order valence-corrected chi connectivity index (χ2v) is 5.35. The van der Waals surface area contributed by atoms with Crippen molar-refractivity contribution in [2.45, 2.75) is 57.0 Å². The van der Waals surface area contributed by atoms with Gasteiger partial charge in [0.1, 0.15) is 5.54 Å². The summed E-state index contributed by atoms with van der Waals surface area (Å²) in [4.78, 5) is 22.9. The minimum absolute atomic E-state index is 0.195. The lowest BCUT2D eigenvalue weighted by atomic mass is 9.77. The van der Waals surface area contributed by atoms with Crippen LogP contribution in [0.2, 0.25) is 0 Å². The second kappa shape index (κ2) is 4.55. The molecule has 2 aliphatic rings. The van der Waals surface area contributed by atoms with E-state index in [0.29, 0.717) is 18.8 Å². The van der Waals surface area contributed by atoms with Gasteiger partial charge < -0.3 is 15.7 Å². The standard InChI is InChI=1S/C12H20N2O3/c1-8-4-2-5-9(8)13-11(17)14-12(10(15)16)6-3-7-12/h8-9H,2-7H2,1H3,(H,15,16)(H2,13,14,17). The predicted molar refractivity (Wildman–Crippen MR) is 62.7 cm³/mol. The Balaban J connectivity index is 1.86. The van der Waals surface area contributed by atoms with Crippen molar-refractivity contribution in [1.82, 2.24) is 10.6 Å². The number of carboxylic acids is 1. The van der Waals surface area contributed by atoms with E-state index in [1.807, 2.05) is 0 Å². The summed E-state index contributed by atoms with van der Waals surface area (Å²) in [6, 6.07) is -0.133. The summed E-state index contributed by atoms with van der Waals surface area (Å²) in [5.41, 5.74) is -1.01. The fourth-order valence-corrected chi connectivity index (χ4v) is 2.70. The van der Waals surface area contributed by atoms with Gasteiger partial charge >= 0.3 is 12.0 Å². The summed E-state index contributed by atoms with van der Waals surface area (Å²) in [6.07, 6.45) is 5.21. The number of aliphatic carboxylic acids is 1. The van der Waals surface area contributed by atoms with Crippen molar-refractivity contribution in [1.29, 1.82) is 0 Å². The van der Waals surface area contributed by atoms with Crippen molar-refractivity contribution in [3.8, 4) is 0 Å². The van der Waals surface area contributed by atoms with E-state index in [-0.39, 0.29) is 12.1 Å². The number of carbonyl (C=O) groups is 2. The van der Waals surface area contributed by atoms with E-state index in [0.717, 1.165) is 25.7 Å². The molecule has 3 N–H and O–H groups in total. The minimum Gasteiger partial charge on any atom is -0.480 e. The molecular weight excluding hydrogens is 220 g/mol. The molecule has 0 aromatic heterocycles. The van der Waals surface area contributed by atoms with Crippen LogP contribution >= 0.6 is 0 Å². The van der Waals surface area contributed by atoms with Gasteiger partial charge in [-0.15, -0.1) is 0 Å². The Hall–Kier alpha value is -1.26. The monoisotopic (exact) mass is 240 g/mol. The van der Waals surface area contributed by atoms with Gasteiger partial charge in [0.15, 0.2) is 0 Å². The molecule has 96 valence electrons. The van der Waals surface area contributed by atoms with Crippen LogP contribution in [0.3, 0.4) is 0 Å². The molecule has 0 heterocycles. The molecule has 0 radical (unpaired) electrons. The Labute approximate surface area is 101 Å². The molecule has 5 heteroatoms. The van der Waals surface area contributed by atoms with Gasteiger partial charge in [0.2, 0.25) is 0 Å². The summed E-state index contributed by atoms with van der Waals surface area (Å²) < 4.78 is 0. The lowest BCUT2D eigenvalue weighted by Gasteiger charge is -2.38.